The normalized spacial score (nSPS) is 13.6. The number of nitrogens with zero attached hydrogens (tertiary/aromatic N) is 1. The summed E-state index contributed by atoms with van der Waals surface area (Å²) in [4.78, 5) is 4.52. The van der Waals surface area contributed by atoms with Crippen molar-refractivity contribution in [1.29, 1.82) is 0 Å². The minimum absolute atomic E-state index is 0.355. The van der Waals surface area contributed by atoms with Crippen LogP contribution in [-0.2, 0) is 6.42 Å². The van der Waals surface area contributed by atoms with Crippen LogP contribution in [0.2, 0.25) is 0 Å². The van der Waals surface area contributed by atoms with Crippen LogP contribution in [0.15, 0.2) is 18.3 Å². The molecule has 1 atom stereocenters. The monoisotopic (exact) mass is 248 g/mol. The molecule has 1 heterocycles. The second-order valence-corrected chi connectivity index (χ2v) is 6.39. The van der Waals surface area contributed by atoms with Crippen molar-refractivity contribution in [3.05, 3.63) is 29.6 Å². The average molecular weight is 248 g/mol. The zero-order valence-corrected chi connectivity index (χ0v) is 12.6. The molecule has 1 aromatic rings. The Balaban J connectivity index is 2.69. The van der Waals surface area contributed by atoms with Gasteiger partial charge in [-0.15, -0.1) is 0 Å². The molecule has 0 aliphatic carbocycles. The molecule has 0 aliphatic rings. The average Bonchev–Trinajstić information content (AvgIpc) is 2.27. The van der Waals surface area contributed by atoms with Gasteiger partial charge >= 0.3 is 0 Å². The van der Waals surface area contributed by atoms with E-state index in [-0.39, 0.29) is 0 Å². The van der Waals surface area contributed by atoms with E-state index in [4.69, 9.17) is 0 Å². The van der Waals surface area contributed by atoms with Gasteiger partial charge in [-0.3, -0.25) is 4.98 Å². The lowest BCUT2D eigenvalue weighted by Gasteiger charge is -2.27. The summed E-state index contributed by atoms with van der Waals surface area (Å²) in [6.07, 6.45) is 5.30. The predicted octanol–water partition coefficient (Wildman–Crippen LogP) is 3.74. The summed E-state index contributed by atoms with van der Waals surface area (Å²) in [5.41, 5.74) is 2.89. The molecule has 0 radical (unpaired) electrons. The Bertz CT molecular complexity index is 352. The van der Waals surface area contributed by atoms with E-state index in [9.17, 15) is 0 Å². The molecule has 1 aromatic heterocycles. The Hall–Kier alpha value is -0.890. The van der Waals surface area contributed by atoms with Gasteiger partial charge in [0.1, 0.15) is 0 Å². The molecule has 2 nitrogen and oxygen atoms in total. The summed E-state index contributed by atoms with van der Waals surface area (Å²) in [6, 6.07) is 4.69. The predicted molar refractivity (Wildman–Crippen MR) is 78.8 cm³/mol. The van der Waals surface area contributed by atoms with E-state index in [1.54, 1.807) is 0 Å². The molecule has 2 heteroatoms. The van der Waals surface area contributed by atoms with E-state index in [1.165, 1.54) is 24.1 Å². The van der Waals surface area contributed by atoms with Gasteiger partial charge in [0, 0.05) is 24.4 Å². The fourth-order valence-corrected chi connectivity index (χ4v) is 2.27. The number of rotatable bonds is 6. The minimum Gasteiger partial charge on any atom is -0.314 e. The van der Waals surface area contributed by atoms with Crippen LogP contribution in [0.25, 0.3) is 0 Å². The molecule has 0 spiro atoms. The molecule has 0 saturated carbocycles. The first-order chi connectivity index (χ1) is 8.42. The van der Waals surface area contributed by atoms with E-state index in [0.717, 1.165) is 13.0 Å². The summed E-state index contributed by atoms with van der Waals surface area (Å²) in [5, 5.41) is 3.66. The lowest BCUT2D eigenvalue weighted by atomic mass is 9.86. The van der Waals surface area contributed by atoms with Crippen LogP contribution in [0.1, 0.15) is 51.8 Å². The Labute approximate surface area is 112 Å². The SMILES string of the molecule is CCCNC(Cc1ncccc1C)CC(C)(C)C. The minimum atomic E-state index is 0.355. The molecular weight excluding hydrogens is 220 g/mol. The van der Waals surface area contributed by atoms with Crippen LogP contribution in [-0.4, -0.2) is 17.6 Å². The number of pyridine rings is 1. The molecule has 0 saturated heterocycles. The molecule has 0 aliphatic heterocycles. The van der Waals surface area contributed by atoms with Crippen LogP contribution in [0, 0.1) is 12.3 Å². The smallest absolute Gasteiger partial charge is 0.0448 e. The van der Waals surface area contributed by atoms with Crippen LogP contribution in [0.3, 0.4) is 0 Å². The number of hydrogen-bond donors (Lipinski definition) is 1. The molecule has 0 aromatic carbocycles. The van der Waals surface area contributed by atoms with Gasteiger partial charge in [-0.25, -0.2) is 0 Å². The highest BCUT2D eigenvalue weighted by Crippen LogP contribution is 2.22. The number of nitrogens with one attached hydrogen (secondary N) is 1. The number of hydrogen-bond acceptors (Lipinski definition) is 2. The van der Waals surface area contributed by atoms with Crippen molar-refractivity contribution < 1.29 is 0 Å². The van der Waals surface area contributed by atoms with Crippen molar-refractivity contribution in [2.45, 2.75) is 59.9 Å². The zero-order valence-electron chi connectivity index (χ0n) is 12.6. The molecule has 1 N–H and O–H groups in total. The zero-order chi connectivity index (χ0) is 13.6. The summed E-state index contributed by atoms with van der Waals surface area (Å²) in [5.74, 6) is 0. The summed E-state index contributed by atoms with van der Waals surface area (Å²) >= 11 is 0. The van der Waals surface area contributed by atoms with Gasteiger partial charge in [-0.2, -0.15) is 0 Å². The second kappa shape index (κ2) is 6.89. The topological polar surface area (TPSA) is 24.9 Å². The Morgan fingerprint density at radius 2 is 2.06 bits per heavy atom. The fraction of sp³-hybridized carbons (Fsp3) is 0.688. The third-order valence-corrected chi connectivity index (χ3v) is 3.10. The first kappa shape index (κ1) is 15.2. The van der Waals surface area contributed by atoms with Gasteiger partial charge in [-0.05, 0) is 43.4 Å². The van der Waals surface area contributed by atoms with Crippen molar-refractivity contribution in [3.63, 3.8) is 0 Å². The van der Waals surface area contributed by atoms with Crippen LogP contribution >= 0.6 is 0 Å². The largest absolute Gasteiger partial charge is 0.314 e. The van der Waals surface area contributed by atoms with Gasteiger partial charge in [0.15, 0.2) is 0 Å². The summed E-state index contributed by atoms with van der Waals surface area (Å²) < 4.78 is 0. The molecule has 0 bridgehead atoms. The van der Waals surface area contributed by atoms with Gasteiger partial charge in [0.25, 0.3) is 0 Å². The van der Waals surface area contributed by atoms with Crippen molar-refractivity contribution in [2.24, 2.45) is 5.41 Å². The van der Waals surface area contributed by atoms with Crippen molar-refractivity contribution in [2.75, 3.05) is 6.54 Å². The number of aromatic nitrogens is 1. The van der Waals surface area contributed by atoms with Gasteiger partial charge in [-0.1, -0.05) is 33.8 Å². The molecule has 0 fully saturated rings. The lowest BCUT2D eigenvalue weighted by molar-refractivity contribution is 0.305. The van der Waals surface area contributed by atoms with Crippen LogP contribution < -0.4 is 5.32 Å². The molecular formula is C16H28N2. The van der Waals surface area contributed by atoms with Gasteiger partial charge in [0.05, 0.1) is 0 Å². The summed E-state index contributed by atoms with van der Waals surface area (Å²) in [6.45, 7) is 12.4. The van der Waals surface area contributed by atoms with Crippen molar-refractivity contribution in [3.8, 4) is 0 Å². The molecule has 18 heavy (non-hydrogen) atoms. The third-order valence-electron chi connectivity index (χ3n) is 3.10. The number of aryl methyl sites for hydroxylation is 1. The first-order valence-electron chi connectivity index (χ1n) is 7.06. The Morgan fingerprint density at radius 1 is 1.33 bits per heavy atom. The first-order valence-corrected chi connectivity index (χ1v) is 7.06. The quantitative estimate of drug-likeness (QED) is 0.829. The second-order valence-electron chi connectivity index (χ2n) is 6.39. The van der Waals surface area contributed by atoms with Crippen LogP contribution in [0.4, 0.5) is 0 Å². The van der Waals surface area contributed by atoms with Gasteiger partial charge in [0.2, 0.25) is 0 Å². The fourth-order valence-electron chi connectivity index (χ4n) is 2.27. The van der Waals surface area contributed by atoms with E-state index in [2.05, 4.69) is 51.0 Å². The van der Waals surface area contributed by atoms with Crippen molar-refractivity contribution in [1.82, 2.24) is 10.3 Å². The van der Waals surface area contributed by atoms with E-state index < -0.39 is 0 Å². The standard InChI is InChI=1S/C16H28N2/c1-6-9-17-14(12-16(3,4)5)11-15-13(2)8-7-10-18-15/h7-8,10,14,17H,6,9,11-12H2,1-5H3. The third kappa shape index (κ3) is 5.63. The molecule has 0 amide bonds. The lowest BCUT2D eigenvalue weighted by Crippen LogP contribution is -2.35. The maximum absolute atomic E-state index is 4.52. The van der Waals surface area contributed by atoms with E-state index >= 15 is 0 Å². The highest BCUT2D eigenvalue weighted by atomic mass is 14.9. The maximum Gasteiger partial charge on any atom is 0.0448 e. The summed E-state index contributed by atoms with van der Waals surface area (Å²) in [7, 11) is 0. The van der Waals surface area contributed by atoms with Crippen molar-refractivity contribution >= 4 is 0 Å². The highest BCUT2D eigenvalue weighted by molar-refractivity contribution is 5.18. The Morgan fingerprint density at radius 3 is 2.61 bits per heavy atom. The Kier molecular flexibility index (Phi) is 5.80. The highest BCUT2D eigenvalue weighted by Gasteiger charge is 2.19. The van der Waals surface area contributed by atoms with Gasteiger partial charge < -0.3 is 5.32 Å². The molecule has 1 unspecified atom stereocenters. The molecule has 102 valence electrons. The molecule has 1 rings (SSSR count). The van der Waals surface area contributed by atoms with E-state index in [1.807, 2.05) is 12.3 Å². The van der Waals surface area contributed by atoms with E-state index in [0.29, 0.717) is 11.5 Å². The van der Waals surface area contributed by atoms with Crippen LogP contribution in [0.5, 0.6) is 0 Å². The maximum atomic E-state index is 4.52.